The van der Waals surface area contributed by atoms with E-state index in [0.717, 1.165) is 23.1 Å². The van der Waals surface area contributed by atoms with Crippen molar-refractivity contribution in [3.05, 3.63) is 75.2 Å². The SMILES string of the molecule is CN1Cc2sc(Cl)cc2C(c2ccccc2-c2cnc3c(ccn3C)c2)C1. The normalized spacial score (nSPS) is 17.4. The van der Waals surface area contributed by atoms with Gasteiger partial charge in [-0.2, -0.15) is 0 Å². The van der Waals surface area contributed by atoms with Crippen LogP contribution < -0.4 is 0 Å². The highest BCUT2D eigenvalue weighted by Crippen LogP contribution is 2.42. The number of hydrogen-bond donors (Lipinski definition) is 0. The molecule has 1 aliphatic heterocycles. The van der Waals surface area contributed by atoms with Crippen molar-refractivity contribution in [2.45, 2.75) is 12.5 Å². The maximum atomic E-state index is 6.36. The van der Waals surface area contributed by atoms with Gasteiger partial charge in [-0.15, -0.1) is 11.3 Å². The van der Waals surface area contributed by atoms with E-state index in [0.29, 0.717) is 5.92 Å². The van der Waals surface area contributed by atoms with E-state index >= 15 is 0 Å². The van der Waals surface area contributed by atoms with E-state index in [9.17, 15) is 0 Å². The highest BCUT2D eigenvalue weighted by Gasteiger charge is 2.28. The Kier molecular flexibility index (Phi) is 4.08. The van der Waals surface area contributed by atoms with E-state index in [4.69, 9.17) is 16.6 Å². The lowest BCUT2D eigenvalue weighted by Gasteiger charge is -2.31. The van der Waals surface area contributed by atoms with E-state index in [2.05, 4.69) is 65.2 Å². The molecule has 1 unspecified atom stereocenters. The lowest BCUT2D eigenvalue weighted by atomic mass is 9.84. The number of aromatic nitrogens is 2. The summed E-state index contributed by atoms with van der Waals surface area (Å²) in [7, 11) is 4.21. The van der Waals surface area contributed by atoms with Gasteiger partial charge in [0, 0.05) is 54.3 Å². The molecule has 27 heavy (non-hydrogen) atoms. The average molecular weight is 394 g/mol. The Balaban J connectivity index is 1.66. The van der Waals surface area contributed by atoms with Crippen LogP contribution in [0.3, 0.4) is 0 Å². The van der Waals surface area contributed by atoms with Gasteiger partial charge in [0.15, 0.2) is 0 Å². The maximum absolute atomic E-state index is 6.36. The first-order valence-corrected chi connectivity index (χ1v) is 10.3. The van der Waals surface area contributed by atoms with Crippen LogP contribution in [0.5, 0.6) is 0 Å². The molecule has 1 atom stereocenters. The molecule has 1 aromatic carbocycles. The summed E-state index contributed by atoms with van der Waals surface area (Å²) in [5.74, 6) is 0.324. The van der Waals surface area contributed by atoms with Gasteiger partial charge in [-0.25, -0.2) is 4.98 Å². The second kappa shape index (κ2) is 6.48. The minimum absolute atomic E-state index is 0.324. The monoisotopic (exact) mass is 393 g/mol. The summed E-state index contributed by atoms with van der Waals surface area (Å²) in [4.78, 5) is 8.46. The molecule has 0 radical (unpaired) electrons. The Labute approximate surface area is 167 Å². The minimum Gasteiger partial charge on any atom is -0.336 e. The molecule has 0 bridgehead atoms. The van der Waals surface area contributed by atoms with Gasteiger partial charge in [0.1, 0.15) is 5.65 Å². The number of rotatable bonds is 2. The fourth-order valence-corrected chi connectivity index (χ4v) is 5.60. The predicted octanol–water partition coefficient (Wildman–Crippen LogP) is 5.53. The second-order valence-electron chi connectivity index (χ2n) is 7.33. The summed E-state index contributed by atoms with van der Waals surface area (Å²) >= 11 is 8.07. The number of thiophene rings is 1. The van der Waals surface area contributed by atoms with Gasteiger partial charge in [0.2, 0.25) is 0 Å². The molecule has 0 amide bonds. The molecular weight excluding hydrogens is 374 g/mol. The Morgan fingerprint density at radius 3 is 2.85 bits per heavy atom. The highest BCUT2D eigenvalue weighted by molar-refractivity contribution is 7.16. The molecule has 136 valence electrons. The predicted molar refractivity (Wildman–Crippen MR) is 114 cm³/mol. The van der Waals surface area contributed by atoms with E-state index in [-0.39, 0.29) is 0 Å². The number of likely N-dealkylation sites (N-methyl/N-ethyl adjacent to an activating group) is 1. The van der Waals surface area contributed by atoms with Crippen LogP contribution in [0, 0.1) is 0 Å². The van der Waals surface area contributed by atoms with Gasteiger partial charge in [-0.05, 0) is 41.9 Å². The quantitative estimate of drug-likeness (QED) is 0.446. The standard InChI is InChI=1S/C22H20ClN3S/c1-25-12-19(18-10-21(23)27-20(18)13-25)17-6-4-3-5-16(17)15-9-14-7-8-26(2)22(14)24-11-15/h3-11,19H,12-13H2,1-2H3. The van der Waals surface area contributed by atoms with Crippen LogP contribution in [-0.2, 0) is 13.6 Å². The van der Waals surface area contributed by atoms with Crippen molar-refractivity contribution in [3.8, 4) is 11.1 Å². The lowest BCUT2D eigenvalue weighted by molar-refractivity contribution is 0.299. The Bertz CT molecular complexity index is 1140. The Morgan fingerprint density at radius 2 is 1.96 bits per heavy atom. The first-order valence-electron chi connectivity index (χ1n) is 9.07. The van der Waals surface area contributed by atoms with E-state index < -0.39 is 0 Å². The summed E-state index contributed by atoms with van der Waals surface area (Å²) in [6.45, 7) is 1.97. The molecule has 4 aromatic rings. The van der Waals surface area contributed by atoms with Crippen LogP contribution in [0.25, 0.3) is 22.2 Å². The molecule has 5 heteroatoms. The average Bonchev–Trinajstić information content (AvgIpc) is 3.22. The van der Waals surface area contributed by atoms with Crippen molar-refractivity contribution < 1.29 is 0 Å². The van der Waals surface area contributed by atoms with Crippen LogP contribution >= 0.6 is 22.9 Å². The van der Waals surface area contributed by atoms with Gasteiger partial charge < -0.3 is 9.47 Å². The molecule has 4 heterocycles. The van der Waals surface area contributed by atoms with Crippen LogP contribution in [0.15, 0.2) is 54.9 Å². The fraction of sp³-hybridized carbons (Fsp3) is 0.227. The zero-order chi connectivity index (χ0) is 18.5. The van der Waals surface area contributed by atoms with Crippen molar-refractivity contribution in [3.63, 3.8) is 0 Å². The summed E-state index contributed by atoms with van der Waals surface area (Å²) in [6, 6.07) is 15.2. The highest BCUT2D eigenvalue weighted by atomic mass is 35.5. The number of benzene rings is 1. The van der Waals surface area contributed by atoms with Crippen LogP contribution in [-0.4, -0.2) is 28.0 Å². The zero-order valence-corrected chi connectivity index (χ0v) is 16.9. The van der Waals surface area contributed by atoms with Gasteiger partial charge in [-0.3, -0.25) is 0 Å². The van der Waals surface area contributed by atoms with E-state index in [1.165, 1.54) is 32.5 Å². The van der Waals surface area contributed by atoms with E-state index in [1.54, 1.807) is 11.3 Å². The molecule has 3 aromatic heterocycles. The Hall–Kier alpha value is -2.14. The van der Waals surface area contributed by atoms with Crippen molar-refractivity contribution in [2.24, 2.45) is 7.05 Å². The maximum Gasteiger partial charge on any atom is 0.139 e. The molecule has 0 N–H and O–H groups in total. The van der Waals surface area contributed by atoms with Crippen molar-refractivity contribution in [1.82, 2.24) is 14.5 Å². The van der Waals surface area contributed by atoms with Gasteiger partial charge in [0.25, 0.3) is 0 Å². The molecule has 5 rings (SSSR count). The first kappa shape index (κ1) is 17.0. The van der Waals surface area contributed by atoms with Gasteiger partial charge >= 0.3 is 0 Å². The van der Waals surface area contributed by atoms with E-state index in [1.807, 2.05) is 13.2 Å². The molecule has 0 saturated carbocycles. The minimum atomic E-state index is 0.324. The lowest BCUT2D eigenvalue weighted by Crippen LogP contribution is -2.30. The molecule has 1 aliphatic rings. The number of halogens is 1. The zero-order valence-electron chi connectivity index (χ0n) is 15.3. The van der Waals surface area contributed by atoms with Crippen LogP contribution in [0.4, 0.5) is 0 Å². The third-order valence-electron chi connectivity index (χ3n) is 5.45. The summed E-state index contributed by atoms with van der Waals surface area (Å²) in [5.41, 5.74) is 6.16. The smallest absolute Gasteiger partial charge is 0.139 e. The molecular formula is C22H20ClN3S. The molecule has 0 fully saturated rings. The van der Waals surface area contributed by atoms with Crippen molar-refractivity contribution in [2.75, 3.05) is 13.6 Å². The van der Waals surface area contributed by atoms with Gasteiger partial charge in [-0.1, -0.05) is 35.9 Å². The Morgan fingerprint density at radius 1 is 1.11 bits per heavy atom. The number of aryl methyl sites for hydroxylation is 1. The van der Waals surface area contributed by atoms with Crippen LogP contribution in [0.1, 0.15) is 21.9 Å². The molecule has 0 saturated heterocycles. The van der Waals surface area contributed by atoms with Crippen LogP contribution in [0.2, 0.25) is 4.34 Å². The fourth-order valence-electron chi connectivity index (χ4n) is 4.18. The molecule has 0 spiro atoms. The number of nitrogens with zero attached hydrogens (tertiary/aromatic N) is 3. The summed E-state index contributed by atoms with van der Waals surface area (Å²) < 4.78 is 2.94. The first-order chi connectivity index (χ1) is 13.1. The number of fused-ring (bicyclic) bond motifs is 2. The number of pyridine rings is 1. The number of hydrogen-bond acceptors (Lipinski definition) is 3. The second-order valence-corrected chi connectivity index (χ2v) is 9.10. The van der Waals surface area contributed by atoms with Crippen molar-refractivity contribution >= 4 is 34.0 Å². The summed E-state index contributed by atoms with van der Waals surface area (Å²) in [5, 5.41) is 1.17. The summed E-state index contributed by atoms with van der Waals surface area (Å²) in [6.07, 6.45) is 4.05. The molecule has 0 aliphatic carbocycles. The third-order valence-corrected chi connectivity index (χ3v) is 6.71. The molecule has 3 nitrogen and oxygen atoms in total. The topological polar surface area (TPSA) is 21.1 Å². The third kappa shape index (κ3) is 2.89. The van der Waals surface area contributed by atoms with Crippen molar-refractivity contribution in [1.29, 1.82) is 0 Å². The van der Waals surface area contributed by atoms with Gasteiger partial charge in [0.05, 0.1) is 4.34 Å². The largest absolute Gasteiger partial charge is 0.336 e.